The fraction of sp³-hybridized carbons (Fsp3) is 0.240. The van der Waals surface area contributed by atoms with Crippen molar-refractivity contribution in [3.05, 3.63) is 69.1 Å². The van der Waals surface area contributed by atoms with Gasteiger partial charge in [-0.2, -0.15) is 0 Å². The molecule has 0 spiro atoms. The Kier molecular flexibility index (Phi) is 5.53. The third-order valence-corrected chi connectivity index (χ3v) is 7.65. The lowest BCUT2D eigenvalue weighted by Crippen LogP contribution is -2.08. The average Bonchev–Trinajstić information content (AvgIpc) is 3.57. The highest BCUT2D eigenvalue weighted by atomic mass is 32.1. The van der Waals surface area contributed by atoms with Gasteiger partial charge in [0, 0.05) is 22.4 Å². The molecule has 3 aromatic heterocycles. The Balaban J connectivity index is 1.37. The zero-order valence-corrected chi connectivity index (χ0v) is 20.1. The minimum atomic E-state index is 0.533. The molecule has 0 bridgehead atoms. The largest absolute Gasteiger partial charge is 0.497 e. The molecule has 1 saturated carbocycles. The molecule has 1 aliphatic carbocycles. The number of thiazole rings is 2. The minimum Gasteiger partial charge on any atom is -0.497 e. The van der Waals surface area contributed by atoms with Crippen molar-refractivity contribution < 1.29 is 4.74 Å². The highest BCUT2D eigenvalue weighted by Crippen LogP contribution is 2.36. The Morgan fingerprint density at radius 2 is 2.00 bits per heavy atom. The summed E-state index contributed by atoms with van der Waals surface area (Å²) in [5, 5.41) is 15.5. The molecule has 7 nitrogen and oxygen atoms in total. The van der Waals surface area contributed by atoms with E-state index in [0.717, 1.165) is 37.7 Å². The highest BCUT2D eigenvalue weighted by Gasteiger charge is 2.22. The predicted molar refractivity (Wildman–Crippen MR) is 133 cm³/mol. The fourth-order valence-corrected chi connectivity index (χ4v) is 5.40. The van der Waals surface area contributed by atoms with Gasteiger partial charge in [0.1, 0.15) is 5.75 Å². The molecule has 0 unspecified atom stereocenters. The quantitative estimate of drug-likeness (QED) is 0.322. The van der Waals surface area contributed by atoms with Crippen molar-refractivity contribution in [3.8, 4) is 29.0 Å². The molecule has 5 aromatic rings. The molecule has 0 atom stereocenters. The Morgan fingerprint density at radius 3 is 2.79 bits per heavy atom. The van der Waals surface area contributed by atoms with Gasteiger partial charge < -0.3 is 4.74 Å². The first kappa shape index (κ1) is 21.0. The molecule has 168 valence electrons. The summed E-state index contributed by atoms with van der Waals surface area (Å²) in [4.78, 5) is 9.25. The Hall–Kier alpha value is -3.61. The van der Waals surface area contributed by atoms with Gasteiger partial charge in [-0.15, -0.1) is 27.8 Å². The van der Waals surface area contributed by atoms with Crippen LogP contribution in [0.15, 0.2) is 47.3 Å². The van der Waals surface area contributed by atoms with Gasteiger partial charge in [0.05, 0.1) is 35.1 Å². The molecule has 0 N–H and O–H groups in total. The molecule has 2 aromatic carbocycles. The lowest BCUT2D eigenvalue weighted by atomic mass is 9.83. The molecule has 6 rings (SSSR count). The molecule has 34 heavy (non-hydrogen) atoms. The summed E-state index contributed by atoms with van der Waals surface area (Å²) in [5.74, 6) is 8.70. The normalized spacial score (nSPS) is 13.4. The first-order valence-corrected chi connectivity index (χ1v) is 12.8. The first-order valence-electron chi connectivity index (χ1n) is 11.0. The van der Waals surface area contributed by atoms with Gasteiger partial charge in [0.15, 0.2) is 10.8 Å². The second kappa shape index (κ2) is 8.97. The second-order valence-electron chi connectivity index (χ2n) is 8.18. The van der Waals surface area contributed by atoms with Gasteiger partial charge in [-0.3, -0.25) is 0 Å². The van der Waals surface area contributed by atoms with Crippen LogP contribution in [0.2, 0.25) is 0 Å². The predicted octanol–water partition coefficient (Wildman–Crippen LogP) is 5.13. The van der Waals surface area contributed by atoms with Gasteiger partial charge in [0.25, 0.3) is 0 Å². The molecular weight excluding hydrogens is 464 g/mol. The maximum absolute atomic E-state index is 5.26. The third kappa shape index (κ3) is 4.06. The van der Waals surface area contributed by atoms with E-state index in [1.807, 2.05) is 35.8 Å². The molecule has 9 heteroatoms. The van der Waals surface area contributed by atoms with Crippen molar-refractivity contribution in [2.24, 2.45) is 0 Å². The molecule has 1 fully saturated rings. The SMILES string of the molecule is COc1ccc(Cn2nnnc2-c2cc3ncsc3cc2C#Cc2nc(C3CCC3)cs2)cc1. The van der Waals surface area contributed by atoms with Crippen LogP contribution in [-0.2, 0) is 6.54 Å². The molecule has 0 saturated heterocycles. The number of rotatable bonds is 5. The van der Waals surface area contributed by atoms with Crippen molar-refractivity contribution in [3.63, 3.8) is 0 Å². The van der Waals surface area contributed by atoms with E-state index in [9.17, 15) is 0 Å². The number of tetrazole rings is 1. The van der Waals surface area contributed by atoms with Gasteiger partial charge in [-0.25, -0.2) is 14.6 Å². The number of methoxy groups -OCH3 is 1. The Morgan fingerprint density at radius 1 is 1.12 bits per heavy atom. The number of nitrogens with zero attached hydrogens (tertiary/aromatic N) is 6. The summed E-state index contributed by atoms with van der Waals surface area (Å²) in [7, 11) is 1.66. The summed E-state index contributed by atoms with van der Waals surface area (Å²) in [6.07, 6.45) is 3.77. The topological polar surface area (TPSA) is 78.6 Å². The van der Waals surface area contributed by atoms with Gasteiger partial charge in [-0.05, 0) is 59.0 Å². The van der Waals surface area contributed by atoms with Crippen LogP contribution in [0.3, 0.4) is 0 Å². The molecule has 3 heterocycles. The maximum atomic E-state index is 5.26. The van der Waals surface area contributed by atoms with Crippen LogP contribution in [-0.4, -0.2) is 37.3 Å². The van der Waals surface area contributed by atoms with Crippen molar-refractivity contribution in [2.45, 2.75) is 31.7 Å². The minimum absolute atomic E-state index is 0.533. The van der Waals surface area contributed by atoms with E-state index in [-0.39, 0.29) is 0 Å². The number of hydrogen-bond donors (Lipinski definition) is 0. The van der Waals surface area contributed by atoms with Gasteiger partial charge in [-0.1, -0.05) is 24.5 Å². The molecule has 0 amide bonds. The number of hydrogen-bond acceptors (Lipinski definition) is 8. The summed E-state index contributed by atoms with van der Waals surface area (Å²) in [5.41, 5.74) is 6.73. The maximum Gasteiger partial charge on any atom is 0.183 e. The van der Waals surface area contributed by atoms with Crippen LogP contribution in [0.4, 0.5) is 0 Å². The Labute approximate surface area is 204 Å². The van der Waals surface area contributed by atoms with Crippen molar-refractivity contribution in [2.75, 3.05) is 7.11 Å². The zero-order valence-electron chi connectivity index (χ0n) is 18.4. The van der Waals surface area contributed by atoms with Crippen LogP contribution in [0.5, 0.6) is 5.75 Å². The number of aromatic nitrogens is 6. The summed E-state index contributed by atoms with van der Waals surface area (Å²) in [6, 6.07) is 12.0. The van der Waals surface area contributed by atoms with Crippen LogP contribution in [0.1, 0.15) is 47.0 Å². The van der Waals surface area contributed by atoms with E-state index < -0.39 is 0 Å². The first-order chi connectivity index (χ1) is 16.8. The second-order valence-corrected chi connectivity index (χ2v) is 9.93. The van der Waals surface area contributed by atoms with Crippen molar-refractivity contribution in [1.29, 1.82) is 0 Å². The summed E-state index contributed by atoms with van der Waals surface area (Å²) >= 11 is 3.21. The van der Waals surface area contributed by atoms with Crippen LogP contribution >= 0.6 is 22.7 Å². The van der Waals surface area contributed by atoms with E-state index in [1.165, 1.54) is 25.0 Å². The number of ether oxygens (including phenoxy) is 1. The standard InChI is InChI=1S/C25H20N6OS2/c1-32-19-8-5-16(6-9-19)13-31-25(28-29-30-31)20-12-21-23(34-15-26-21)11-18(20)7-10-24-27-22(14-33-24)17-3-2-4-17/h5-6,8-9,11-12,14-15,17H,2-4,13H2,1H3. The molecule has 0 radical (unpaired) electrons. The Bertz CT molecular complexity index is 1520. The fourth-order valence-electron chi connectivity index (χ4n) is 3.96. The van der Waals surface area contributed by atoms with E-state index >= 15 is 0 Å². The summed E-state index contributed by atoms with van der Waals surface area (Å²) < 4.78 is 8.13. The smallest absolute Gasteiger partial charge is 0.183 e. The van der Waals surface area contributed by atoms with Crippen LogP contribution in [0.25, 0.3) is 21.6 Å². The monoisotopic (exact) mass is 484 g/mol. The highest BCUT2D eigenvalue weighted by molar-refractivity contribution is 7.16. The van der Waals surface area contributed by atoms with Gasteiger partial charge >= 0.3 is 0 Å². The van der Waals surface area contributed by atoms with Crippen LogP contribution < -0.4 is 4.74 Å². The number of fused-ring (bicyclic) bond motifs is 1. The summed E-state index contributed by atoms with van der Waals surface area (Å²) in [6.45, 7) is 0.533. The number of benzene rings is 2. The van der Waals surface area contributed by atoms with E-state index in [4.69, 9.17) is 9.72 Å². The lowest BCUT2D eigenvalue weighted by Gasteiger charge is -2.22. The molecular formula is C25H20N6OS2. The third-order valence-electron chi connectivity index (χ3n) is 6.08. The lowest BCUT2D eigenvalue weighted by molar-refractivity contribution is 0.412. The van der Waals surface area contributed by atoms with E-state index in [2.05, 4.69) is 43.8 Å². The van der Waals surface area contributed by atoms with E-state index in [0.29, 0.717) is 18.3 Å². The van der Waals surface area contributed by atoms with E-state index in [1.54, 1.807) is 34.5 Å². The van der Waals surface area contributed by atoms with Crippen molar-refractivity contribution in [1.82, 2.24) is 30.2 Å². The average molecular weight is 485 g/mol. The zero-order chi connectivity index (χ0) is 22.9. The molecule has 0 aliphatic heterocycles. The van der Waals surface area contributed by atoms with Gasteiger partial charge in [0.2, 0.25) is 0 Å². The van der Waals surface area contributed by atoms with Crippen molar-refractivity contribution >= 4 is 32.9 Å². The van der Waals surface area contributed by atoms with Crippen LogP contribution in [0, 0.1) is 11.8 Å². The molecule has 1 aliphatic rings.